The van der Waals surface area contributed by atoms with E-state index in [9.17, 15) is 12.8 Å². The molecule has 0 aliphatic heterocycles. The molecule has 1 unspecified atom stereocenters. The number of halogens is 1. The Morgan fingerprint density at radius 3 is 2.44 bits per heavy atom. The van der Waals surface area contributed by atoms with Crippen molar-refractivity contribution >= 4 is 27.6 Å². The Labute approximate surface area is 164 Å². The molecule has 8 heteroatoms. The van der Waals surface area contributed by atoms with Crippen LogP contribution in [0.3, 0.4) is 0 Å². The average molecular weight is 410 g/mol. The van der Waals surface area contributed by atoms with E-state index in [1.807, 2.05) is 18.2 Å². The molecule has 0 heterocycles. The second-order valence-corrected chi connectivity index (χ2v) is 9.46. The van der Waals surface area contributed by atoms with Crippen LogP contribution >= 0.6 is 11.8 Å². The number of benzene rings is 2. The number of thioether (sulfide) groups is 1. The van der Waals surface area contributed by atoms with Gasteiger partial charge in [-0.3, -0.25) is 4.99 Å². The second-order valence-electron chi connectivity index (χ2n) is 5.87. The van der Waals surface area contributed by atoms with Crippen molar-refractivity contribution in [1.82, 2.24) is 10.6 Å². The lowest BCUT2D eigenvalue weighted by Crippen LogP contribution is -2.41. The van der Waals surface area contributed by atoms with Gasteiger partial charge < -0.3 is 10.6 Å². The highest BCUT2D eigenvalue weighted by atomic mass is 32.2. The lowest BCUT2D eigenvalue weighted by Gasteiger charge is -2.16. The summed E-state index contributed by atoms with van der Waals surface area (Å²) in [7, 11) is -2.07. The first kappa shape index (κ1) is 21.2. The highest BCUT2D eigenvalue weighted by molar-refractivity contribution is 8.00. The van der Waals surface area contributed by atoms with Crippen LogP contribution in [0.25, 0.3) is 0 Å². The normalized spacial score (nSPS) is 13.2. The summed E-state index contributed by atoms with van der Waals surface area (Å²) in [5.41, 5.74) is 0. The van der Waals surface area contributed by atoms with E-state index in [1.165, 1.54) is 23.1 Å². The van der Waals surface area contributed by atoms with E-state index in [1.54, 1.807) is 18.8 Å². The van der Waals surface area contributed by atoms with E-state index in [-0.39, 0.29) is 17.2 Å². The van der Waals surface area contributed by atoms with Gasteiger partial charge in [-0.25, -0.2) is 12.8 Å². The Morgan fingerprint density at radius 2 is 1.78 bits per heavy atom. The summed E-state index contributed by atoms with van der Waals surface area (Å²) in [4.78, 5) is 5.00. The van der Waals surface area contributed by atoms with Gasteiger partial charge in [-0.2, -0.15) is 0 Å². The van der Waals surface area contributed by atoms with Crippen molar-refractivity contribution < 1.29 is 12.8 Å². The van der Waals surface area contributed by atoms with Crippen LogP contribution in [0.5, 0.6) is 0 Å². The van der Waals surface area contributed by atoms with E-state index in [0.717, 1.165) is 6.07 Å². The molecule has 0 saturated heterocycles. The minimum absolute atomic E-state index is 0.135. The summed E-state index contributed by atoms with van der Waals surface area (Å²) >= 11 is 1.74. The minimum Gasteiger partial charge on any atom is -0.355 e. The van der Waals surface area contributed by atoms with E-state index in [0.29, 0.717) is 17.8 Å². The predicted molar refractivity (Wildman–Crippen MR) is 110 cm³/mol. The molecule has 2 aromatic carbocycles. The van der Waals surface area contributed by atoms with Gasteiger partial charge in [-0.1, -0.05) is 37.3 Å². The molecule has 2 rings (SSSR count). The number of rotatable bonds is 8. The smallest absolute Gasteiger partial charge is 0.191 e. The van der Waals surface area contributed by atoms with Crippen LogP contribution in [0.2, 0.25) is 0 Å². The maximum atomic E-state index is 13.7. The molecule has 146 valence electrons. The van der Waals surface area contributed by atoms with Gasteiger partial charge in [0.15, 0.2) is 15.8 Å². The molecule has 2 N–H and O–H groups in total. The van der Waals surface area contributed by atoms with E-state index in [4.69, 9.17) is 0 Å². The van der Waals surface area contributed by atoms with Gasteiger partial charge in [0.25, 0.3) is 0 Å². The number of guanidine groups is 1. The number of nitrogens with one attached hydrogen (secondary N) is 2. The monoisotopic (exact) mass is 409 g/mol. The van der Waals surface area contributed by atoms with E-state index < -0.39 is 15.7 Å². The maximum Gasteiger partial charge on any atom is 0.191 e. The van der Waals surface area contributed by atoms with Gasteiger partial charge in [-0.15, -0.1) is 11.8 Å². The Balaban J connectivity index is 1.79. The van der Waals surface area contributed by atoms with Crippen molar-refractivity contribution in [3.8, 4) is 0 Å². The molecule has 0 bridgehead atoms. The number of sulfone groups is 1. The first-order chi connectivity index (χ1) is 12.9. The Hall–Kier alpha value is -2.06. The summed E-state index contributed by atoms with van der Waals surface area (Å²) < 4.78 is 38.2. The molecule has 27 heavy (non-hydrogen) atoms. The number of hydrogen-bond donors (Lipinski definition) is 2. The summed E-state index contributed by atoms with van der Waals surface area (Å²) in [6.45, 7) is 2.90. The average Bonchev–Trinajstić information content (AvgIpc) is 2.65. The van der Waals surface area contributed by atoms with Gasteiger partial charge in [0, 0.05) is 30.3 Å². The number of aliphatic imine (C=N–C) groups is 1. The first-order valence-electron chi connectivity index (χ1n) is 8.56. The molecular weight excluding hydrogens is 385 g/mol. The van der Waals surface area contributed by atoms with Crippen LogP contribution in [-0.4, -0.2) is 45.5 Å². The van der Waals surface area contributed by atoms with Gasteiger partial charge in [0.2, 0.25) is 0 Å². The van der Waals surface area contributed by atoms with Crippen LogP contribution in [-0.2, 0) is 9.84 Å². The zero-order chi connectivity index (χ0) is 19.7. The zero-order valence-corrected chi connectivity index (χ0v) is 17.0. The lowest BCUT2D eigenvalue weighted by atomic mass is 10.3. The van der Waals surface area contributed by atoms with Crippen molar-refractivity contribution in [3.63, 3.8) is 0 Å². The molecule has 0 fully saturated rings. The number of hydrogen-bond acceptors (Lipinski definition) is 4. The summed E-state index contributed by atoms with van der Waals surface area (Å²) in [6, 6.07) is 15.5. The van der Waals surface area contributed by atoms with E-state index in [2.05, 4.69) is 34.7 Å². The van der Waals surface area contributed by atoms with Crippen molar-refractivity contribution in [1.29, 1.82) is 0 Å². The van der Waals surface area contributed by atoms with Gasteiger partial charge >= 0.3 is 0 Å². The van der Waals surface area contributed by atoms with Crippen LogP contribution in [0.15, 0.2) is 69.4 Å². The predicted octanol–water partition coefficient (Wildman–Crippen LogP) is 2.95. The largest absolute Gasteiger partial charge is 0.355 e. The van der Waals surface area contributed by atoms with Crippen molar-refractivity contribution in [2.45, 2.75) is 22.0 Å². The van der Waals surface area contributed by atoms with Crippen molar-refractivity contribution in [2.75, 3.05) is 25.9 Å². The fourth-order valence-corrected chi connectivity index (χ4v) is 4.53. The van der Waals surface area contributed by atoms with Crippen LogP contribution in [0.1, 0.15) is 6.92 Å². The highest BCUT2D eigenvalue weighted by Gasteiger charge is 2.18. The van der Waals surface area contributed by atoms with Gasteiger partial charge in [-0.05, 0) is 24.3 Å². The molecule has 0 aliphatic carbocycles. The minimum atomic E-state index is -3.69. The van der Waals surface area contributed by atoms with Crippen LogP contribution in [0.4, 0.5) is 4.39 Å². The van der Waals surface area contributed by atoms with Crippen LogP contribution < -0.4 is 10.6 Å². The molecule has 0 spiro atoms. The second kappa shape index (κ2) is 10.3. The molecular formula is C19H24FN3O2S2. The third-order valence-electron chi connectivity index (χ3n) is 3.70. The lowest BCUT2D eigenvalue weighted by molar-refractivity contribution is 0.566. The topological polar surface area (TPSA) is 70.6 Å². The number of nitrogens with zero attached hydrogens (tertiary/aromatic N) is 1. The fraction of sp³-hybridized carbons (Fsp3) is 0.316. The zero-order valence-electron chi connectivity index (χ0n) is 15.4. The summed E-state index contributed by atoms with van der Waals surface area (Å²) in [6.07, 6.45) is 0. The molecule has 0 amide bonds. The molecule has 0 radical (unpaired) electrons. The van der Waals surface area contributed by atoms with E-state index >= 15 is 0 Å². The third kappa shape index (κ3) is 6.88. The van der Waals surface area contributed by atoms with Crippen molar-refractivity contribution in [3.05, 3.63) is 60.4 Å². The Morgan fingerprint density at radius 1 is 1.11 bits per heavy atom. The Kier molecular flexibility index (Phi) is 8.12. The quantitative estimate of drug-likeness (QED) is 0.399. The van der Waals surface area contributed by atoms with Gasteiger partial charge in [0.05, 0.1) is 5.75 Å². The maximum absolute atomic E-state index is 13.7. The van der Waals surface area contributed by atoms with Crippen LogP contribution in [0, 0.1) is 5.82 Å². The molecule has 0 aromatic heterocycles. The summed E-state index contributed by atoms with van der Waals surface area (Å²) in [5.74, 6) is -0.436. The SMILES string of the molecule is CN=C(NCCS(=O)(=O)c1ccccc1F)NCC(C)Sc1ccccc1. The third-order valence-corrected chi connectivity index (χ3v) is 6.55. The highest BCUT2D eigenvalue weighted by Crippen LogP contribution is 2.21. The first-order valence-corrected chi connectivity index (χ1v) is 11.1. The van der Waals surface area contributed by atoms with Crippen molar-refractivity contribution in [2.24, 2.45) is 4.99 Å². The molecule has 5 nitrogen and oxygen atoms in total. The fourth-order valence-electron chi connectivity index (χ4n) is 2.34. The molecule has 2 aromatic rings. The Bertz CT molecular complexity index is 858. The molecule has 1 atom stereocenters. The molecule has 0 aliphatic rings. The van der Waals surface area contributed by atoms with Gasteiger partial charge in [0.1, 0.15) is 10.7 Å². The summed E-state index contributed by atoms with van der Waals surface area (Å²) in [5, 5.41) is 6.44. The molecule has 0 saturated carbocycles. The standard InChI is InChI=1S/C19H24FN3O2S2/c1-15(26-16-8-4-3-5-9-16)14-23-19(21-2)22-12-13-27(24,25)18-11-7-6-10-17(18)20/h3-11,15H,12-14H2,1-2H3,(H2,21,22,23).